The number of aromatic nitrogens is 2. The summed E-state index contributed by atoms with van der Waals surface area (Å²) in [6, 6.07) is 3.56. The molecule has 1 amide bonds. The van der Waals surface area contributed by atoms with Gasteiger partial charge in [0.05, 0.1) is 26.3 Å². The summed E-state index contributed by atoms with van der Waals surface area (Å²) in [5.74, 6) is 2.15. The van der Waals surface area contributed by atoms with Gasteiger partial charge in [-0.1, -0.05) is 0 Å². The number of nitrogens with zero attached hydrogens (tertiary/aromatic N) is 2. The van der Waals surface area contributed by atoms with E-state index < -0.39 is 0 Å². The molecule has 1 aliphatic rings. The molecule has 28 heavy (non-hydrogen) atoms. The van der Waals surface area contributed by atoms with Gasteiger partial charge in [0.15, 0.2) is 11.5 Å². The molecule has 1 aliphatic heterocycles. The van der Waals surface area contributed by atoms with Crippen LogP contribution in [0.15, 0.2) is 12.1 Å². The number of benzene rings is 1. The monoisotopic (exact) mass is 389 g/mol. The number of hydrogen-bond acceptors (Lipinski definition) is 8. The first-order valence-electron chi connectivity index (χ1n) is 9.40. The van der Waals surface area contributed by atoms with E-state index in [0.717, 1.165) is 31.2 Å². The van der Waals surface area contributed by atoms with Gasteiger partial charge in [0.2, 0.25) is 5.91 Å². The van der Waals surface area contributed by atoms with E-state index >= 15 is 0 Å². The zero-order valence-electron chi connectivity index (χ0n) is 16.3. The first-order valence-corrected chi connectivity index (χ1v) is 9.40. The number of nitrogens with two attached hydrogens (primary N) is 1. The molecule has 0 bridgehead atoms. The number of anilines is 1. The van der Waals surface area contributed by atoms with E-state index in [1.807, 2.05) is 0 Å². The maximum atomic E-state index is 11.8. The molecule has 9 nitrogen and oxygen atoms in total. The zero-order valence-corrected chi connectivity index (χ0v) is 16.3. The van der Waals surface area contributed by atoms with Crippen LogP contribution in [-0.2, 0) is 16.1 Å². The van der Waals surface area contributed by atoms with Crippen LogP contribution >= 0.6 is 0 Å². The van der Waals surface area contributed by atoms with Crippen LogP contribution in [0.1, 0.15) is 25.1 Å². The highest BCUT2D eigenvalue weighted by Gasteiger charge is 2.22. The Balaban J connectivity index is 1.49. The van der Waals surface area contributed by atoms with E-state index in [0.29, 0.717) is 48.4 Å². The van der Waals surface area contributed by atoms with Crippen LogP contribution in [0.3, 0.4) is 0 Å². The third-order valence-electron chi connectivity index (χ3n) is 4.61. The number of nitrogen functional groups attached to an aromatic ring is 1. The number of carbonyl (C=O) groups excluding carboxylic acids is 1. The molecule has 0 saturated carbocycles. The smallest absolute Gasteiger partial charge is 0.249 e. The van der Waals surface area contributed by atoms with E-state index in [1.165, 1.54) is 0 Å². The van der Waals surface area contributed by atoms with Crippen molar-refractivity contribution >= 4 is 22.6 Å². The number of amides is 1. The molecule has 0 unspecified atom stereocenters. The lowest BCUT2D eigenvalue weighted by Crippen LogP contribution is -2.35. The van der Waals surface area contributed by atoms with Gasteiger partial charge in [0.25, 0.3) is 0 Å². The molecule has 152 valence electrons. The molecule has 0 spiro atoms. The predicted octanol–water partition coefficient (Wildman–Crippen LogP) is 1.00. The summed E-state index contributed by atoms with van der Waals surface area (Å²) in [5.41, 5.74) is 6.78. The minimum Gasteiger partial charge on any atom is -0.493 e. The normalized spacial score (nSPS) is 16.3. The topological polar surface area (TPSA) is 121 Å². The number of fused-ring (bicyclic) bond motifs is 1. The summed E-state index contributed by atoms with van der Waals surface area (Å²) in [7, 11) is 3.15. The molecule has 2 heterocycles. The van der Waals surface area contributed by atoms with Crippen molar-refractivity contribution in [2.45, 2.75) is 31.9 Å². The fourth-order valence-electron chi connectivity index (χ4n) is 3.13. The predicted molar refractivity (Wildman–Crippen MR) is 105 cm³/mol. The van der Waals surface area contributed by atoms with Crippen LogP contribution in [0.2, 0.25) is 0 Å². The molecule has 0 aliphatic carbocycles. The molecule has 2 aromatic rings. The van der Waals surface area contributed by atoms with Crippen molar-refractivity contribution in [1.29, 1.82) is 0 Å². The Morgan fingerprint density at radius 2 is 2.04 bits per heavy atom. The molecular weight excluding hydrogens is 362 g/mol. The number of methoxy groups -OCH3 is 2. The standard InChI is InChI=1S/C19H27N5O4/c1-26-15-9-12-13(10-16(15)27-2)23-17(24-18(12)20)11-21-6-4-7-22-19(25)14-5-3-8-28-14/h9-10,14,21H,3-8,11H2,1-2H3,(H,22,25)(H2,20,23,24)/t14-/m0/s1. The van der Waals surface area contributed by atoms with Gasteiger partial charge >= 0.3 is 0 Å². The lowest BCUT2D eigenvalue weighted by atomic mass is 10.2. The number of carbonyl (C=O) groups is 1. The van der Waals surface area contributed by atoms with Gasteiger partial charge in [-0.25, -0.2) is 9.97 Å². The van der Waals surface area contributed by atoms with Crippen LogP contribution < -0.4 is 25.8 Å². The Kier molecular flexibility index (Phi) is 6.83. The largest absolute Gasteiger partial charge is 0.493 e. The first kappa shape index (κ1) is 20.1. The van der Waals surface area contributed by atoms with Crippen LogP contribution in [-0.4, -0.2) is 55.9 Å². The summed E-state index contributed by atoms with van der Waals surface area (Å²) in [5, 5.41) is 6.89. The van der Waals surface area contributed by atoms with Gasteiger partial charge in [-0.05, 0) is 31.9 Å². The second kappa shape index (κ2) is 9.52. The second-order valence-electron chi connectivity index (χ2n) is 6.57. The maximum Gasteiger partial charge on any atom is 0.249 e. The van der Waals surface area contributed by atoms with E-state index in [4.69, 9.17) is 19.9 Å². The number of ether oxygens (including phenoxy) is 3. The van der Waals surface area contributed by atoms with E-state index in [-0.39, 0.29) is 12.0 Å². The number of nitrogens with one attached hydrogen (secondary N) is 2. The highest BCUT2D eigenvalue weighted by Crippen LogP contribution is 2.33. The minimum atomic E-state index is -0.280. The van der Waals surface area contributed by atoms with Gasteiger partial charge in [-0.2, -0.15) is 0 Å². The van der Waals surface area contributed by atoms with Gasteiger partial charge < -0.3 is 30.6 Å². The Morgan fingerprint density at radius 1 is 1.25 bits per heavy atom. The lowest BCUT2D eigenvalue weighted by molar-refractivity contribution is -0.130. The average molecular weight is 389 g/mol. The Labute approximate surface area is 164 Å². The molecule has 0 radical (unpaired) electrons. The van der Waals surface area contributed by atoms with Crippen molar-refractivity contribution in [3.63, 3.8) is 0 Å². The molecule has 1 aromatic heterocycles. The molecule has 4 N–H and O–H groups in total. The third-order valence-corrected chi connectivity index (χ3v) is 4.61. The highest BCUT2D eigenvalue weighted by atomic mass is 16.5. The van der Waals surface area contributed by atoms with Crippen molar-refractivity contribution in [2.75, 3.05) is 39.6 Å². The maximum absolute atomic E-state index is 11.8. The molecular formula is C19H27N5O4. The van der Waals surface area contributed by atoms with E-state index in [1.54, 1.807) is 26.4 Å². The fourth-order valence-corrected chi connectivity index (χ4v) is 3.13. The lowest BCUT2D eigenvalue weighted by Gasteiger charge is -2.12. The van der Waals surface area contributed by atoms with Gasteiger partial charge in [-0.15, -0.1) is 0 Å². The summed E-state index contributed by atoms with van der Waals surface area (Å²) in [6.07, 6.45) is 2.28. The fraction of sp³-hybridized carbons (Fsp3) is 0.526. The van der Waals surface area contributed by atoms with E-state index in [2.05, 4.69) is 20.6 Å². The van der Waals surface area contributed by atoms with Crippen molar-refractivity contribution in [1.82, 2.24) is 20.6 Å². The van der Waals surface area contributed by atoms with Crippen molar-refractivity contribution in [2.24, 2.45) is 0 Å². The van der Waals surface area contributed by atoms with Crippen LogP contribution in [0, 0.1) is 0 Å². The molecule has 1 aromatic carbocycles. The quantitative estimate of drug-likeness (QED) is 0.543. The summed E-state index contributed by atoms with van der Waals surface area (Å²) >= 11 is 0. The third kappa shape index (κ3) is 4.79. The van der Waals surface area contributed by atoms with Crippen molar-refractivity contribution < 1.29 is 19.0 Å². The molecule has 1 fully saturated rings. The molecule has 1 saturated heterocycles. The van der Waals surface area contributed by atoms with E-state index in [9.17, 15) is 4.79 Å². The minimum absolute atomic E-state index is 0.0208. The van der Waals surface area contributed by atoms with Crippen LogP contribution in [0.4, 0.5) is 5.82 Å². The highest BCUT2D eigenvalue weighted by molar-refractivity contribution is 5.90. The van der Waals surface area contributed by atoms with Gasteiger partial charge in [0, 0.05) is 24.6 Å². The molecule has 1 atom stereocenters. The summed E-state index contributed by atoms with van der Waals surface area (Å²) < 4.78 is 16.0. The van der Waals surface area contributed by atoms with Crippen LogP contribution in [0.25, 0.3) is 10.9 Å². The summed E-state index contributed by atoms with van der Waals surface area (Å²) in [6.45, 7) is 2.48. The molecule has 9 heteroatoms. The van der Waals surface area contributed by atoms with Gasteiger partial charge in [-0.3, -0.25) is 4.79 Å². The molecule has 3 rings (SSSR count). The average Bonchev–Trinajstić information content (AvgIpc) is 3.24. The SMILES string of the molecule is COc1cc2nc(CNCCCNC(=O)[C@@H]3CCCO3)nc(N)c2cc1OC. The Morgan fingerprint density at radius 3 is 2.75 bits per heavy atom. The Hall–Kier alpha value is -2.65. The van der Waals surface area contributed by atoms with Crippen molar-refractivity contribution in [3.05, 3.63) is 18.0 Å². The zero-order chi connectivity index (χ0) is 19.9. The number of rotatable bonds is 9. The van der Waals surface area contributed by atoms with Crippen LogP contribution in [0.5, 0.6) is 11.5 Å². The van der Waals surface area contributed by atoms with Gasteiger partial charge in [0.1, 0.15) is 17.7 Å². The summed E-state index contributed by atoms with van der Waals surface area (Å²) in [4.78, 5) is 20.7. The first-order chi connectivity index (χ1) is 13.6. The second-order valence-corrected chi connectivity index (χ2v) is 6.57. The van der Waals surface area contributed by atoms with Crippen molar-refractivity contribution in [3.8, 4) is 11.5 Å². The number of hydrogen-bond donors (Lipinski definition) is 3. The Bertz CT molecular complexity index is 824.